The fraction of sp³-hybridized carbons (Fsp3) is 0.636. The standard InChI is InChI=1S/C11H20ClN5/c1-5-17(8(2)7-16(3)4)10-9(12)6-14-11(13)15-10/h6,8H,5,7H2,1-4H3,(H2,13,14,15). The molecule has 0 aliphatic carbocycles. The number of halogens is 1. The summed E-state index contributed by atoms with van der Waals surface area (Å²) in [6.45, 7) is 5.96. The summed E-state index contributed by atoms with van der Waals surface area (Å²) in [7, 11) is 4.08. The highest BCUT2D eigenvalue weighted by molar-refractivity contribution is 6.32. The highest BCUT2D eigenvalue weighted by atomic mass is 35.5. The van der Waals surface area contributed by atoms with E-state index in [1.54, 1.807) is 6.20 Å². The molecule has 0 aliphatic heterocycles. The first-order valence-electron chi connectivity index (χ1n) is 5.65. The lowest BCUT2D eigenvalue weighted by Gasteiger charge is -2.31. The van der Waals surface area contributed by atoms with Gasteiger partial charge in [0.15, 0.2) is 5.82 Å². The van der Waals surface area contributed by atoms with Gasteiger partial charge in [0.25, 0.3) is 0 Å². The number of nitrogens with two attached hydrogens (primary N) is 1. The maximum Gasteiger partial charge on any atom is 0.222 e. The molecule has 1 aromatic heterocycles. The van der Waals surface area contributed by atoms with E-state index in [4.69, 9.17) is 17.3 Å². The first-order chi connectivity index (χ1) is 7.95. The molecule has 1 heterocycles. The SMILES string of the molecule is CCN(c1nc(N)ncc1Cl)C(C)CN(C)C. The van der Waals surface area contributed by atoms with Crippen LogP contribution >= 0.6 is 11.6 Å². The Hall–Kier alpha value is -1.07. The van der Waals surface area contributed by atoms with Crippen molar-refractivity contribution in [3.05, 3.63) is 11.2 Å². The molecule has 1 aromatic rings. The minimum Gasteiger partial charge on any atom is -0.368 e. The van der Waals surface area contributed by atoms with Crippen LogP contribution in [-0.4, -0.2) is 48.1 Å². The Kier molecular flexibility index (Phi) is 4.96. The van der Waals surface area contributed by atoms with Crippen molar-refractivity contribution in [3.63, 3.8) is 0 Å². The summed E-state index contributed by atoms with van der Waals surface area (Å²) in [5.41, 5.74) is 5.60. The molecule has 0 saturated carbocycles. The molecule has 2 N–H and O–H groups in total. The predicted octanol–water partition coefficient (Wildman–Crippen LogP) is 1.49. The Bertz CT molecular complexity index is 369. The van der Waals surface area contributed by atoms with Gasteiger partial charge in [0.2, 0.25) is 5.95 Å². The van der Waals surface area contributed by atoms with Crippen LogP contribution in [0.4, 0.5) is 11.8 Å². The van der Waals surface area contributed by atoms with E-state index in [1.807, 2.05) is 14.1 Å². The van der Waals surface area contributed by atoms with E-state index < -0.39 is 0 Å². The lowest BCUT2D eigenvalue weighted by molar-refractivity contribution is 0.372. The first kappa shape index (κ1) is 14.0. The fourth-order valence-corrected chi connectivity index (χ4v) is 2.07. The summed E-state index contributed by atoms with van der Waals surface area (Å²) in [6.07, 6.45) is 1.55. The van der Waals surface area contributed by atoms with E-state index in [1.165, 1.54) is 0 Å². The van der Waals surface area contributed by atoms with Crippen molar-refractivity contribution in [2.75, 3.05) is 37.8 Å². The van der Waals surface area contributed by atoms with E-state index in [2.05, 4.69) is 33.6 Å². The number of hydrogen-bond donors (Lipinski definition) is 1. The van der Waals surface area contributed by atoms with E-state index in [9.17, 15) is 0 Å². The van der Waals surface area contributed by atoms with Crippen molar-refractivity contribution in [1.82, 2.24) is 14.9 Å². The number of rotatable bonds is 5. The normalized spacial score (nSPS) is 12.8. The minimum absolute atomic E-state index is 0.250. The van der Waals surface area contributed by atoms with Crippen LogP contribution in [0.15, 0.2) is 6.20 Å². The van der Waals surface area contributed by atoms with E-state index in [0.717, 1.165) is 13.1 Å². The molecule has 0 aromatic carbocycles. The van der Waals surface area contributed by atoms with E-state index in [0.29, 0.717) is 16.9 Å². The average molecular weight is 258 g/mol. The van der Waals surface area contributed by atoms with Crippen LogP contribution in [0.5, 0.6) is 0 Å². The summed E-state index contributed by atoms with van der Waals surface area (Å²) in [4.78, 5) is 12.3. The van der Waals surface area contributed by atoms with Crippen LogP contribution in [-0.2, 0) is 0 Å². The number of aromatic nitrogens is 2. The lowest BCUT2D eigenvalue weighted by atomic mass is 10.2. The number of nitrogens with zero attached hydrogens (tertiary/aromatic N) is 4. The van der Waals surface area contributed by atoms with Crippen LogP contribution in [0.25, 0.3) is 0 Å². The topological polar surface area (TPSA) is 58.3 Å². The average Bonchev–Trinajstić information content (AvgIpc) is 2.23. The summed E-state index contributed by atoms with van der Waals surface area (Å²) < 4.78 is 0. The van der Waals surface area contributed by atoms with Crippen LogP contribution in [0, 0.1) is 0 Å². The second kappa shape index (κ2) is 6.02. The Balaban J connectivity index is 2.96. The van der Waals surface area contributed by atoms with Crippen molar-refractivity contribution in [2.45, 2.75) is 19.9 Å². The van der Waals surface area contributed by atoms with Gasteiger partial charge in [0, 0.05) is 19.1 Å². The summed E-state index contributed by atoms with van der Waals surface area (Å²) in [6, 6.07) is 0.307. The summed E-state index contributed by atoms with van der Waals surface area (Å²) in [5.74, 6) is 0.955. The van der Waals surface area contributed by atoms with Crippen molar-refractivity contribution in [3.8, 4) is 0 Å². The molecule has 0 fully saturated rings. The van der Waals surface area contributed by atoms with Crippen LogP contribution in [0.3, 0.4) is 0 Å². The van der Waals surface area contributed by atoms with Gasteiger partial charge < -0.3 is 15.5 Å². The molecule has 1 atom stereocenters. The van der Waals surface area contributed by atoms with Crippen LogP contribution in [0.1, 0.15) is 13.8 Å². The van der Waals surface area contributed by atoms with Crippen molar-refractivity contribution in [1.29, 1.82) is 0 Å². The van der Waals surface area contributed by atoms with E-state index in [-0.39, 0.29) is 5.95 Å². The molecule has 0 bridgehead atoms. The number of nitrogen functional groups attached to an aromatic ring is 1. The van der Waals surface area contributed by atoms with Gasteiger partial charge in [-0.15, -0.1) is 0 Å². The molecule has 1 rings (SSSR count). The van der Waals surface area contributed by atoms with Gasteiger partial charge >= 0.3 is 0 Å². The predicted molar refractivity (Wildman–Crippen MR) is 72.5 cm³/mol. The molecule has 1 unspecified atom stereocenters. The third-order valence-corrected chi connectivity index (χ3v) is 2.79. The smallest absolute Gasteiger partial charge is 0.222 e. The number of hydrogen-bond acceptors (Lipinski definition) is 5. The molecule has 96 valence electrons. The van der Waals surface area contributed by atoms with E-state index >= 15 is 0 Å². The molecular formula is C11H20ClN5. The van der Waals surface area contributed by atoms with Crippen molar-refractivity contribution >= 4 is 23.4 Å². The second-order valence-electron chi connectivity index (χ2n) is 4.30. The van der Waals surface area contributed by atoms with Gasteiger partial charge in [0.1, 0.15) is 5.02 Å². The van der Waals surface area contributed by atoms with Gasteiger partial charge in [0.05, 0.1) is 6.20 Å². The molecule has 0 radical (unpaired) electrons. The van der Waals surface area contributed by atoms with Gasteiger partial charge in [-0.1, -0.05) is 11.6 Å². The molecule has 6 heteroatoms. The molecule has 0 spiro atoms. The number of anilines is 2. The Morgan fingerprint density at radius 2 is 2.12 bits per heavy atom. The van der Waals surface area contributed by atoms with Crippen molar-refractivity contribution in [2.24, 2.45) is 0 Å². The maximum absolute atomic E-state index is 6.11. The van der Waals surface area contributed by atoms with Gasteiger partial charge in [-0.05, 0) is 27.9 Å². The molecule has 17 heavy (non-hydrogen) atoms. The third-order valence-electron chi connectivity index (χ3n) is 2.52. The molecule has 0 saturated heterocycles. The zero-order chi connectivity index (χ0) is 13.0. The second-order valence-corrected chi connectivity index (χ2v) is 4.70. The highest BCUT2D eigenvalue weighted by Crippen LogP contribution is 2.24. The van der Waals surface area contributed by atoms with Crippen molar-refractivity contribution < 1.29 is 0 Å². The third kappa shape index (κ3) is 3.71. The van der Waals surface area contributed by atoms with Crippen LogP contribution in [0.2, 0.25) is 5.02 Å². The van der Waals surface area contributed by atoms with Gasteiger partial charge in [-0.2, -0.15) is 4.98 Å². The maximum atomic E-state index is 6.11. The highest BCUT2D eigenvalue weighted by Gasteiger charge is 2.18. The molecule has 5 nitrogen and oxygen atoms in total. The Morgan fingerprint density at radius 3 is 2.65 bits per heavy atom. The quantitative estimate of drug-likeness (QED) is 0.866. The summed E-state index contributed by atoms with van der Waals surface area (Å²) in [5, 5.41) is 0.534. The van der Waals surface area contributed by atoms with Crippen LogP contribution < -0.4 is 10.6 Å². The number of likely N-dealkylation sites (N-methyl/N-ethyl adjacent to an activating group) is 2. The summed E-state index contributed by atoms with van der Waals surface area (Å²) >= 11 is 6.11. The lowest BCUT2D eigenvalue weighted by Crippen LogP contribution is -2.40. The zero-order valence-corrected chi connectivity index (χ0v) is 11.6. The largest absolute Gasteiger partial charge is 0.368 e. The molecular weight excluding hydrogens is 238 g/mol. The van der Waals surface area contributed by atoms with Gasteiger partial charge in [-0.25, -0.2) is 4.98 Å². The molecule has 0 amide bonds. The minimum atomic E-state index is 0.250. The Morgan fingerprint density at radius 1 is 1.47 bits per heavy atom. The Labute approximate surface area is 108 Å². The zero-order valence-electron chi connectivity index (χ0n) is 10.8. The first-order valence-corrected chi connectivity index (χ1v) is 6.02. The monoisotopic (exact) mass is 257 g/mol. The molecule has 0 aliphatic rings. The fourth-order valence-electron chi connectivity index (χ4n) is 1.87. The van der Waals surface area contributed by atoms with Gasteiger partial charge in [-0.3, -0.25) is 0 Å².